The second-order valence-corrected chi connectivity index (χ2v) is 5.93. The molecule has 4 heteroatoms. The molecular formula is C13H26N2O2. The predicted octanol–water partition coefficient (Wildman–Crippen LogP) is 1.26. The summed E-state index contributed by atoms with van der Waals surface area (Å²) in [5.74, 6) is 0.611. The van der Waals surface area contributed by atoms with Gasteiger partial charge in [0.25, 0.3) is 0 Å². The number of likely N-dealkylation sites (tertiary alicyclic amines) is 1. The van der Waals surface area contributed by atoms with E-state index in [-0.39, 0.29) is 11.5 Å². The van der Waals surface area contributed by atoms with Crippen LogP contribution < -0.4 is 5.32 Å². The fourth-order valence-electron chi connectivity index (χ4n) is 2.05. The van der Waals surface area contributed by atoms with Gasteiger partial charge in [-0.3, -0.25) is 9.69 Å². The molecule has 1 rings (SSSR count). The number of ether oxygens (including phenoxy) is 1. The third-order valence-electron chi connectivity index (χ3n) is 3.21. The van der Waals surface area contributed by atoms with Crippen LogP contribution in [-0.4, -0.2) is 49.7 Å². The number of esters is 1. The minimum atomic E-state index is -0.128. The van der Waals surface area contributed by atoms with Crippen LogP contribution in [0, 0.1) is 5.92 Å². The molecule has 17 heavy (non-hydrogen) atoms. The lowest BCUT2D eigenvalue weighted by Crippen LogP contribution is -2.43. The maximum Gasteiger partial charge on any atom is 0.319 e. The molecule has 0 atom stereocenters. The van der Waals surface area contributed by atoms with Crippen LogP contribution in [-0.2, 0) is 9.53 Å². The summed E-state index contributed by atoms with van der Waals surface area (Å²) in [5, 5.41) is 3.55. The largest absolute Gasteiger partial charge is 0.468 e. The van der Waals surface area contributed by atoms with Crippen molar-refractivity contribution in [1.29, 1.82) is 0 Å². The number of hydrogen-bond acceptors (Lipinski definition) is 4. The van der Waals surface area contributed by atoms with Gasteiger partial charge in [-0.2, -0.15) is 0 Å². The Bertz CT molecular complexity index is 240. The van der Waals surface area contributed by atoms with Crippen LogP contribution in [0.5, 0.6) is 0 Å². The lowest BCUT2D eigenvalue weighted by Gasteiger charge is -2.33. The standard InChI is InChI=1S/C13H26N2O2/c1-13(2,3)14-9-11-5-7-15(8-6-11)10-12(16)17-4/h11,14H,5-10H2,1-4H3. The Labute approximate surface area is 105 Å². The van der Waals surface area contributed by atoms with Crippen molar-refractivity contribution in [2.75, 3.05) is 33.3 Å². The van der Waals surface area contributed by atoms with E-state index in [1.165, 1.54) is 20.0 Å². The van der Waals surface area contributed by atoms with Gasteiger partial charge in [-0.15, -0.1) is 0 Å². The Kier molecular flexibility index (Phi) is 5.40. The topological polar surface area (TPSA) is 41.6 Å². The van der Waals surface area contributed by atoms with Crippen molar-refractivity contribution >= 4 is 5.97 Å². The lowest BCUT2D eigenvalue weighted by molar-refractivity contribution is -0.142. The molecule has 1 aliphatic heterocycles. The maximum absolute atomic E-state index is 11.1. The van der Waals surface area contributed by atoms with E-state index in [0.29, 0.717) is 6.54 Å². The van der Waals surface area contributed by atoms with Crippen LogP contribution in [0.2, 0.25) is 0 Å². The summed E-state index contributed by atoms with van der Waals surface area (Å²) in [5.41, 5.74) is 0.198. The number of rotatable bonds is 4. The average Bonchev–Trinajstić information content (AvgIpc) is 2.27. The van der Waals surface area contributed by atoms with Gasteiger partial charge < -0.3 is 10.1 Å². The van der Waals surface area contributed by atoms with E-state index in [9.17, 15) is 4.79 Å². The predicted molar refractivity (Wildman–Crippen MR) is 68.9 cm³/mol. The van der Waals surface area contributed by atoms with Crippen molar-refractivity contribution < 1.29 is 9.53 Å². The zero-order valence-electron chi connectivity index (χ0n) is 11.6. The minimum Gasteiger partial charge on any atom is -0.468 e. The smallest absolute Gasteiger partial charge is 0.319 e. The van der Waals surface area contributed by atoms with Crippen molar-refractivity contribution in [2.45, 2.75) is 39.2 Å². The van der Waals surface area contributed by atoms with Crippen molar-refractivity contribution in [3.8, 4) is 0 Å². The molecule has 0 aromatic rings. The van der Waals surface area contributed by atoms with E-state index in [4.69, 9.17) is 0 Å². The van der Waals surface area contributed by atoms with Gasteiger partial charge >= 0.3 is 5.97 Å². The van der Waals surface area contributed by atoms with Crippen LogP contribution in [0.3, 0.4) is 0 Å². The second kappa shape index (κ2) is 6.36. The quantitative estimate of drug-likeness (QED) is 0.754. The maximum atomic E-state index is 11.1. The Hall–Kier alpha value is -0.610. The molecule has 1 saturated heterocycles. The number of piperidine rings is 1. The fourth-order valence-corrected chi connectivity index (χ4v) is 2.05. The number of carbonyl (C=O) groups is 1. The molecule has 100 valence electrons. The van der Waals surface area contributed by atoms with Gasteiger partial charge in [0.2, 0.25) is 0 Å². The van der Waals surface area contributed by atoms with Gasteiger partial charge in [-0.1, -0.05) is 0 Å². The first kappa shape index (κ1) is 14.5. The number of nitrogens with one attached hydrogen (secondary N) is 1. The SMILES string of the molecule is COC(=O)CN1CCC(CNC(C)(C)C)CC1. The molecule has 4 nitrogen and oxygen atoms in total. The second-order valence-electron chi connectivity index (χ2n) is 5.93. The van der Waals surface area contributed by atoms with E-state index >= 15 is 0 Å². The molecule has 0 aromatic heterocycles. The molecule has 0 aliphatic carbocycles. The molecule has 0 unspecified atom stereocenters. The summed E-state index contributed by atoms with van der Waals surface area (Å²) in [6.45, 7) is 10.1. The summed E-state index contributed by atoms with van der Waals surface area (Å²) >= 11 is 0. The highest BCUT2D eigenvalue weighted by atomic mass is 16.5. The van der Waals surface area contributed by atoms with Gasteiger partial charge in [-0.05, 0) is 59.2 Å². The summed E-state index contributed by atoms with van der Waals surface area (Å²) in [6, 6.07) is 0. The van der Waals surface area contributed by atoms with Crippen LogP contribution in [0.25, 0.3) is 0 Å². The van der Waals surface area contributed by atoms with Crippen molar-refractivity contribution in [3.63, 3.8) is 0 Å². The summed E-state index contributed by atoms with van der Waals surface area (Å²) < 4.78 is 4.68. The highest BCUT2D eigenvalue weighted by Crippen LogP contribution is 2.17. The lowest BCUT2D eigenvalue weighted by atomic mass is 9.95. The van der Waals surface area contributed by atoms with Crippen molar-refractivity contribution in [1.82, 2.24) is 10.2 Å². The third kappa shape index (κ3) is 6.03. The molecule has 0 radical (unpaired) electrons. The van der Waals surface area contributed by atoms with Crippen molar-refractivity contribution in [3.05, 3.63) is 0 Å². The molecule has 0 spiro atoms. The molecule has 1 heterocycles. The van der Waals surface area contributed by atoms with Crippen LogP contribution in [0.1, 0.15) is 33.6 Å². The first-order valence-corrected chi connectivity index (χ1v) is 6.45. The van der Waals surface area contributed by atoms with E-state index in [2.05, 4.69) is 35.7 Å². The minimum absolute atomic E-state index is 0.128. The van der Waals surface area contributed by atoms with Gasteiger partial charge in [0, 0.05) is 5.54 Å². The summed E-state index contributed by atoms with van der Waals surface area (Å²) in [7, 11) is 1.45. The molecular weight excluding hydrogens is 216 g/mol. The molecule has 1 aliphatic rings. The first-order chi connectivity index (χ1) is 7.90. The van der Waals surface area contributed by atoms with E-state index in [1.807, 2.05) is 0 Å². The monoisotopic (exact) mass is 242 g/mol. The van der Waals surface area contributed by atoms with E-state index in [1.54, 1.807) is 0 Å². The molecule has 0 amide bonds. The van der Waals surface area contributed by atoms with E-state index < -0.39 is 0 Å². The zero-order valence-corrected chi connectivity index (χ0v) is 11.6. The number of carbonyl (C=O) groups excluding carboxylic acids is 1. The fraction of sp³-hybridized carbons (Fsp3) is 0.923. The van der Waals surface area contributed by atoms with Gasteiger partial charge in [-0.25, -0.2) is 0 Å². The highest BCUT2D eigenvalue weighted by molar-refractivity contribution is 5.71. The molecule has 1 fully saturated rings. The number of hydrogen-bond donors (Lipinski definition) is 1. The average molecular weight is 242 g/mol. The summed E-state index contributed by atoms with van der Waals surface area (Å²) in [4.78, 5) is 13.3. The van der Waals surface area contributed by atoms with Gasteiger partial charge in [0.1, 0.15) is 0 Å². The van der Waals surface area contributed by atoms with E-state index in [0.717, 1.165) is 25.6 Å². The van der Waals surface area contributed by atoms with Gasteiger partial charge in [0.15, 0.2) is 0 Å². The highest BCUT2D eigenvalue weighted by Gasteiger charge is 2.22. The number of nitrogens with zero attached hydrogens (tertiary/aromatic N) is 1. The Morgan fingerprint density at radius 2 is 1.94 bits per heavy atom. The molecule has 0 bridgehead atoms. The molecule has 1 N–H and O–H groups in total. The summed E-state index contributed by atoms with van der Waals surface area (Å²) in [6.07, 6.45) is 2.33. The Morgan fingerprint density at radius 3 is 2.41 bits per heavy atom. The van der Waals surface area contributed by atoms with Crippen LogP contribution in [0.15, 0.2) is 0 Å². The number of methoxy groups -OCH3 is 1. The molecule has 0 saturated carbocycles. The van der Waals surface area contributed by atoms with Crippen molar-refractivity contribution in [2.24, 2.45) is 5.92 Å². The zero-order chi connectivity index (χ0) is 12.9. The van der Waals surface area contributed by atoms with Crippen LogP contribution in [0.4, 0.5) is 0 Å². The van der Waals surface area contributed by atoms with Gasteiger partial charge in [0.05, 0.1) is 13.7 Å². The molecule has 0 aromatic carbocycles. The Morgan fingerprint density at radius 1 is 1.35 bits per heavy atom. The Balaban J connectivity index is 2.19. The first-order valence-electron chi connectivity index (χ1n) is 6.45. The third-order valence-corrected chi connectivity index (χ3v) is 3.21. The normalized spacial score (nSPS) is 19.3. The van der Waals surface area contributed by atoms with Crippen LogP contribution >= 0.6 is 0 Å².